The first-order valence-corrected chi connectivity index (χ1v) is 10.7. The topological polar surface area (TPSA) is 93.8 Å². The number of halogens is 1. The van der Waals surface area contributed by atoms with Crippen LogP contribution in [0.5, 0.6) is 5.75 Å². The smallest absolute Gasteiger partial charge is 0.269 e. The van der Waals surface area contributed by atoms with Gasteiger partial charge in [-0.1, -0.05) is 23.7 Å². The number of ether oxygens (including phenoxy) is 1. The van der Waals surface area contributed by atoms with Crippen molar-refractivity contribution in [1.82, 2.24) is 5.32 Å². The molecular formula is C23H16ClN3O4S. The van der Waals surface area contributed by atoms with Crippen LogP contribution in [0.3, 0.4) is 0 Å². The molecule has 0 saturated carbocycles. The van der Waals surface area contributed by atoms with Gasteiger partial charge in [-0.2, -0.15) is 0 Å². The fourth-order valence-corrected chi connectivity index (χ4v) is 3.77. The van der Waals surface area contributed by atoms with Crippen LogP contribution in [0.2, 0.25) is 5.02 Å². The monoisotopic (exact) mass is 465 g/mol. The Labute approximate surface area is 192 Å². The molecule has 0 aliphatic carbocycles. The zero-order chi connectivity index (χ0) is 22.5. The zero-order valence-corrected chi connectivity index (χ0v) is 18.1. The first-order chi connectivity index (χ1) is 15.5. The molecule has 1 fully saturated rings. The number of aliphatic imine (C=N–C) groups is 1. The minimum Gasteiger partial charge on any atom is -0.489 e. The van der Waals surface area contributed by atoms with Gasteiger partial charge in [0.05, 0.1) is 15.5 Å². The Morgan fingerprint density at radius 1 is 1.03 bits per heavy atom. The molecule has 1 saturated heterocycles. The molecule has 32 heavy (non-hydrogen) atoms. The van der Waals surface area contributed by atoms with Gasteiger partial charge in [-0.3, -0.25) is 14.9 Å². The highest BCUT2D eigenvalue weighted by Crippen LogP contribution is 2.29. The molecule has 1 aliphatic heterocycles. The third-order valence-corrected chi connectivity index (χ3v) is 5.60. The van der Waals surface area contributed by atoms with E-state index in [0.29, 0.717) is 33.1 Å². The van der Waals surface area contributed by atoms with E-state index < -0.39 is 4.92 Å². The first-order valence-electron chi connectivity index (χ1n) is 9.48. The second-order valence-corrected chi connectivity index (χ2v) is 8.21. The molecule has 1 aliphatic rings. The lowest BCUT2D eigenvalue weighted by atomic mass is 10.2. The number of hydrogen-bond acceptors (Lipinski definition) is 6. The number of benzene rings is 3. The molecule has 7 nitrogen and oxygen atoms in total. The summed E-state index contributed by atoms with van der Waals surface area (Å²) < 4.78 is 5.73. The lowest BCUT2D eigenvalue weighted by Crippen LogP contribution is -2.19. The van der Waals surface area contributed by atoms with Gasteiger partial charge in [0.15, 0.2) is 5.17 Å². The van der Waals surface area contributed by atoms with Crippen LogP contribution in [0, 0.1) is 10.1 Å². The maximum atomic E-state index is 12.3. The standard InChI is InChI=1S/C23H16ClN3O4S/c24-17-5-7-18(8-6-17)25-23-26-22(28)21(32-23)13-15-3-11-20(12-4-15)31-14-16-1-9-19(10-2-16)27(29)30/h1-13H,14H2,(H,25,26,28). The molecule has 0 atom stereocenters. The predicted octanol–water partition coefficient (Wildman–Crippen LogP) is 5.72. The molecule has 9 heteroatoms. The summed E-state index contributed by atoms with van der Waals surface area (Å²) in [6, 6.07) is 20.6. The molecule has 4 rings (SSSR count). The number of rotatable bonds is 6. The van der Waals surface area contributed by atoms with Crippen LogP contribution < -0.4 is 10.1 Å². The van der Waals surface area contributed by atoms with Gasteiger partial charge in [0.25, 0.3) is 11.6 Å². The number of hydrogen-bond donors (Lipinski definition) is 1. The number of nitrogens with zero attached hydrogens (tertiary/aromatic N) is 2. The SMILES string of the molecule is O=C1NC(=Nc2ccc(Cl)cc2)SC1=Cc1ccc(OCc2ccc([N+](=O)[O-])cc2)cc1. The van der Waals surface area contributed by atoms with E-state index in [1.807, 2.05) is 12.1 Å². The number of thioether (sulfide) groups is 1. The Morgan fingerprint density at radius 2 is 1.72 bits per heavy atom. The van der Waals surface area contributed by atoms with Crippen LogP contribution >= 0.6 is 23.4 Å². The van der Waals surface area contributed by atoms with Crippen LogP contribution in [-0.4, -0.2) is 16.0 Å². The average Bonchev–Trinajstić information content (AvgIpc) is 3.13. The minimum absolute atomic E-state index is 0.0429. The molecule has 0 aromatic heterocycles. The summed E-state index contributed by atoms with van der Waals surface area (Å²) in [6.07, 6.45) is 1.78. The van der Waals surface area contributed by atoms with Crippen LogP contribution in [0.1, 0.15) is 11.1 Å². The lowest BCUT2D eigenvalue weighted by Gasteiger charge is -2.06. The van der Waals surface area contributed by atoms with Crippen molar-refractivity contribution >= 4 is 51.9 Å². The molecule has 3 aromatic carbocycles. The van der Waals surface area contributed by atoms with Crippen LogP contribution in [0.25, 0.3) is 6.08 Å². The van der Waals surface area contributed by atoms with Gasteiger partial charge in [0.2, 0.25) is 0 Å². The molecule has 0 spiro atoms. The number of amidine groups is 1. The van der Waals surface area contributed by atoms with Gasteiger partial charge in [-0.25, -0.2) is 4.99 Å². The van der Waals surface area contributed by atoms with Crippen molar-refractivity contribution in [3.05, 3.63) is 104 Å². The third-order valence-electron chi connectivity index (χ3n) is 4.44. The minimum atomic E-state index is -0.437. The van der Waals surface area contributed by atoms with Gasteiger partial charge >= 0.3 is 0 Å². The maximum absolute atomic E-state index is 12.3. The Kier molecular flexibility index (Phi) is 6.53. The fourth-order valence-electron chi connectivity index (χ4n) is 2.81. The molecule has 1 N–H and O–H groups in total. The fraction of sp³-hybridized carbons (Fsp3) is 0.0435. The van der Waals surface area contributed by atoms with E-state index in [1.54, 1.807) is 54.6 Å². The zero-order valence-electron chi connectivity index (χ0n) is 16.5. The largest absolute Gasteiger partial charge is 0.489 e. The predicted molar refractivity (Wildman–Crippen MR) is 126 cm³/mol. The van der Waals surface area contributed by atoms with Gasteiger partial charge in [0, 0.05) is 17.2 Å². The van der Waals surface area contributed by atoms with Crippen molar-refractivity contribution in [1.29, 1.82) is 0 Å². The van der Waals surface area contributed by atoms with Crippen molar-refractivity contribution in [2.24, 2.45) is 4.99 Å². The second-order valence-electron chi connectivity index (χ2n) is 6.74. The summed E-state index contributed by atoms with van der Waals surface area (Å²) in [5.41, 5.74) is 2.42. The van der Waals surface area contributed by atoms with Gasteiger partial charge in [0.1, 0.15) is 12.4 Å². The van der Waals surface area contributed by atoms with Crippen molar-refractivity contribution < 1.29 is 14.5 Å². The average molecular weight is 466 g/mol. The van der Waals surface area contributed by atoms with Crippen molar-refractivity contribution in [3.63, 3.8) is 0 Å². The van der Waals surface area contributed by atoms with E-state index in [-0.39, 0.29) is 11.6 Å². The van der Waals surface area contributed by atoms with Crippen LogP contribution in [-0.2, 0) is 11.4 Å². The van der Waals surface area contributed by atoms with Crippen molar-refractivity contribution in [2.45, 2.75) is 6.61 Å². The van der Waals surface area contributed by atoms with Gasteiger partial charge in [-0.15, -0.1) is 0 Å². The summed E-state index contributed by atoms with van der Waals surface area (Å²) in [5, 5.41) is 14.6. The molecule has 1 amide bonds. The van der Waals surface area contributed by atoms with Gasteiger partial charge < -0.3 is 10.1 Å². The highest BCUT2D eigenvalue weighted by molar-refractivity contribution is 8.18. The van der Waals surface area contributed by atoms with Crippen molar-refractivity contribution in [2.75, 3.05) is 0 Å². The number of nitro benzene ring substituents is 1. The van der Waals surface area contributed by atoms with E-state index in [0.717, 1.165) is 11.1 Å². The normalized spacial score (nSPS) is 15.7. The third kappa shape index (κ3) is 5.54. The lowest BCUT2D eigenvalue weighted by molar-refractivity contribution is -0.384. The quantitative estimate of drug-likeness (QED) is 0.285. The summed E-state index contributed by atoms with van der Waals surface area (Å²) in [7, 11) is 0. The van der Waals surface area contributed by atoms with Crippen LogP contribution in [0.4, 0.5) is 11.4 Å². The number of nitrogens with one attached hydrogen (secondary N) is 1. The molecule has 160 valence electrons. The summed E-state index contributed by atoms with van der Waals surface area (Å²) >= 11 is 7.14. The second kappa shape index (κ2) is 9.67. The van der Waals surface area contributed by atoms with E-state index >= 15 is 0 Å². The Balaban J connectivity index is 1.37. The Hall–Kier alpha value is -3.62. The number of non-ortho nitro benzene ring substituents is 1. The van der Waals surface area contributed by atoms with Crippen LogP contribution in [0.15, 0.2) is 82.7 Å². The maximum Gasteiger partial charge on any atom is 0.269 e. The van der Waals surface area contributed by atoms with E-state index in [4.69, 9.17) is 16.3 Å². The number of nitro groups is 1. The Bertz CT molecular complexity index is 1210. The summed E-state index contributed by atoms with van der Waals surface area (Å²) in [5.74, 6) is 0.445. The highest BCUT2D eigenvalue weighted by Gasteiger charge is 2.23. The summed E-state index contributed by atoms with van der Waals surface area (Å²) in [6.45, 7) is 0.293. The molecule has 0 bridgehead atoms. The number of carbonyl (C=O) groups excluding carboxylic acids is 1. The number of amides is 1. The first kappa shape index (κ1) is 21.6. The Morgan fingerprint density at radius 3 is 2.38 bits per heavy atom. The van der Waals surface area contributed by atoms with Crippen molar-refractivity contribution in [3.8, 4) is 5.75 Å². The number of carbonyl (C=O) groups is 1. The molecule has 3 aromatic rings. The highest BCUT2D eigenvalue weighted by atomic mass is 35.5. The molecule has 0 unspecified atom stereocenters. The van der Waals surface area contributed by atoms with E-state index in [1.165, 1.54) is 23.9 Å². The summed E-state index contributed by atoms with van der Waals surface area (Å²) in [4.78, 5) is 27.5. The van der Waals surface area contributed by atoms with Gasteiger partial charge in [-0.05, 0) is 77.5 Å². The molecule has 1 heterocycles. The molecule has 0 radical (unpaired) electrons. The van der Waals surface area contributed by atoms with E-state index in [2.05, 4.69) is 10.3 Å². The van der Waals surface area contributed by atoms with E-state index in [9.17, 15) is 14.9 Å². The molecular weight excluding hydrogens is 450 g/mol.